The van der Waals surface area contributed by atoms with Gasteiger partial charge in [0.1, 0.15) is 5.75 Å². The van der Waals surface area contributed by atoms with Gasteiger partial charge in [-0.05, 0) is 48.9 Å². The van der Waals surface area contributed by atoms with Crippen molar-refractivity contribution in [3.63, 3.8) is 0 Å². The van der Waals surface area contributed by atoms with Crippen LogP contribution in [0.4, 0.5) is 0 Å². The van der Waals surface area contributed by atoms with Gasteiger partial charge in [0.05, 0.1) is 6.61 Å². The predicted octanol–water partition coefficient (Wildman–Crippen LogP) is 3.54. The van der Waals surface area contributed by atoms with Crippen molar-refractivity contribution in [1.29, 1.82) is 0 Å². The molecule has 1 aromatic carbocycles. The molecule has 3 nitrogen and oxygen atoms in total. The van der Waals surface area contributed by atoms with Crippen molar-refractivity contribution in [2.24, 2.45) is 11.1 Å². The highest BCUT2D eigenvalue weighted by molar-refractivity contribution is 5.86. The Kier molecular flexibility index (Phi) is 2.82. The standard InChI is InChI=1S/C16H22N2O/c1-4-19-10-5-6-13-11(7-10)15-12(17)8-16(2,3)9-14(15)18-13/h5-7,12,18H,4,8-9,17H2,1-3H3. The zero-order chi connectivity index (χ0) is 13.6. The van der Waals surface area contributed by atoms with Crippen LogP contribution in [0, 0.1) is 5.41 Å². The second-order valence-electron chi connectivity index (χ2n) is 6.31. The second kappa shape index (κ2) is 4.27. The van der Waals surface area contributed by atoms with E-state index in [9.17, 15) is 0 Å². The first-order chi connectivity index (χ1) is 9.00. The Morgan fingerprint density at radius 1 is 1.42 bits per heavy atom. The van der Waals surface area contributed by atoms with E-state index < -0.39 is 0 Å². The van der Waals surface area contributed by atoms with Gasteiger partial charge in [0.2, 0.25) is 0 Å². The van der Waals surface area contributed by atoms with Gasteiger partial charge in [-0.1, -0.05) is 13.8 Å². The fraction of sp³-hybridized carbons (Fsp3) is 0.500. The second-order valence-corrected chi connectivity index (χ2v) is 6.31. The van der Waals surface area contributed by atoms with E-state index in [4.69, 9.17) is 10.5 Å². The highest BCUT2D eigenvalue weighted by Crippen LogP contribution is 2.43. The van der Waals surface area contributed by atoms with Crippen LogP contribution in [0.1, 0.15) is 44.5 Å². The van der Waals surface area contributed by atoms with Crippen LogP contribution in [0.2, 0.25) is 0 Å². The summed E-state index contributed by atoms with van der Waals surface area (Å²) in [5.74, 6) is 0.925. The topological polar surface area (TPSA) is 51.0 Å². The summed E-state index contributed by atoms with van der Waals surface area (Å²) in [5.41, 5.74) is 10.4. The third-order valence-electron chi connectivity index (χ3n) is 4.00. The summed E-state index contributed by atoms with van der Waals surface area (Å²) in [6.45, 7) is 7.27. The molecule has 0 bridgehead atoms. The van der Waals surface area contributed by atoms with Gasteiger partial charge in [-0.2, -0.15) is 0 Å². The van der Waals surface area contributed by atoms with Crippen LogP contribution in [0.5, 0.6) is 5.75 Å². The molecule has 102 valence electrons. The lowest BCUT2D eigenvalue weighted by Crippen LogP contribution is -2.29. The van der Waals surface area contributed by atoms with Crippen LogP contribution >= 0.6 is 0 Å². The number of fused-ring (bicyclic) bond motifs is 3. The molecular formula is C16H22N2O. The van der Waals surface area contributed by atoms with E-state index in [1.165, 1.54) is 22.2 Å². The highest BCUT2D eigenvalue weighted by atomic mass is 16.5. The van der Waals surface area contributed by atoms with Crippen molar-refractivity contribution in [2.45, 2.75) is 39.7 Å². The van der Waals surface area contributed by atoms with Crippen molar-refractivity contribution in [3.05, 3.63) is 29.5 Å². The number of nitrogens with two attached hydrogens (primary N) is 1. The summed E-state index contributed by atoms with van der Waals surface area (Å²) in [5, 5.41) is 1.23. The lowest BCUT2D eigenvalue weighted by Gasteiger charge is -2.33. The van der Waals surface area contributed by atoms with Crippen LogP contribution in [0.3, 0.4) is 0 Å². The van der Waals surface area contributed by atoms with E-state index in [1.807, 2.05) is 13.0 Å². The van der Waals surface area contributed by atoms with E-state index >= 15 is 0 Å². The third-order valence-corrected chi connectivity index (χ3v) is 4.00. The number of rotatable bonds is 2. The van der Waals surface area contributed by atoms with Gasteiger partial charge in [-0.3, -0.25) is 0 Å². The van der Waals surface area contributed by atoms with Crippen LogP contribution in [-0.4, -0.2) is 11.6 Å². The molecule has 0 radical (unpaired) electrons. The molecule has 0 fully saturated rings. The number of aromatic nitrogens is 1. The maximum absolute atomic E-state index is 6.40. The van der Waals surface area contributed by atoms with Gasteiger partial charge in [-0.15, -0.1) is 0 Å². The zero-order valence-corrected chi connectivity index (χ0v) is 11.9. The molecule has 0 amide bonds. The summed E-state index contributed by atoms with van der Waals surface area (Å²) in [4.78, 5) is 3.54. The summed E-state index contributed by atoms with van der Waals surface area (Å²) in [6.07, 6.45) is 2.10. The Morgan fingerprint density at radius 2 is 2.21 bits per heavy atom. The molecule has 0 aliphatic heterocycles. The smallest absolute Gasteiger partial charge is 0.120 e. The van der Waals surface area contributed by atoms with Gasteiger partial charge in [0.15, 0.2) is 0 Å². The van der Waals surface area contributed by atoms with Gasteiger partial charge < -0.3 is 15.5 Å². The van der Waals surface area contributed by atoms with Gasteiger partial charge in [0.25, 0.3) is 0 Å². The number of H-pyrrole nitrogens is 1. The lowest BCUT2D eigenvalue weighted by atomic mass is 9.74. The van der Waals surface area contributed by atoms with Crippen LogP contribution in [0.15, 0.2) is 18.2 Å². The molecule has 3 N–H and O–H groups in total. The maximum atomic E-state index is 6.40. The molecule has 19 heavy (non-hydrogen) atoms. The Morgan fingerprint density at radius 3 is 2.95 bits per heavy atom. The molecule has 3 rings (SSSR count). The quantitative estimate of drug-likeness (QED) is 0.865. The molecule has 1 aromatic heterocycles. The van der Waals surface area contributed by atoms with Gasteiger partial charge >= 0.3 is 0 Å². The normalized spacial score (nSPS) is 21.4. The van der Waals surface area contributed by atoms with Crippen molar-refractivity contribution in [3.8, 4) is 5.75 Å². The number of aromatic amines is 1. The largest absolute Gasteiger partial charge is 0.494 e. The van der Waals surface area contributed by atoms with E-state index in [2.05, 4.69) is 31.0 Å². The zero-order valence-electron chi connectivity index (χ0n) is 11.9. The molecule has 3 heteroatoms. The fourth-order valence-corrected chi connectivity index (χ4v) is 3.32. The molecule has 1 aliphatic carbocycles. The van der Waals surface area contributed by atoms with Crippen molar-refractivity contribution in [1.82, 2.24) is 4.98 Å². The van der Waals surface area contributed by atoms with Crippen molar-refractivity contribution >= 4 is 10.9 Å². The number of hydrogen-bond acceptors (Lipinski definition) is 2. The first kappa shape index (κ1) is 12.5. The average Bonchev–Trinajstić information content (AvgIpc) is 2.64. The molecule has 1 atom stereocenters. The van der Waals surface area contributed by atoms with E-state index in [-0.39, 0.29) is 11.5 Å². The summed E-state index contributed by atoms with van der Waals surface area (Å²) < 4.78 is 5.60. The summed E-state index contributed by atoms with van der Waals surface area (Å²) in [6, 6.07) is 6.35. The fourth-order valence-electron chi connectivity index (χ4n) is 3.32. The lowest BCUT2D eigenvalue weighted by molar-refractivity contribution is 0.281. The number of benzene rings is 1. The Hall–Kier alpha value is -1.48. The number of hydrogen-bond donors (Lipinski definition) is 2. The van der Waals surface area contributed by atoms with Crippen LogP contribution in [0.25, 0.3) is 10.9 Å². The van der Waals surface area contributed by atoms with Gasteiger partial charge in [0, 0.05) is 22.6 Å². The molecule has 0 spiro atoms. The maximum Gasteiger partial charge on any atom is 0.120 e. The van der Waals surface area contributed by atoms with Gasteiger partial charge in [-0.25, -0.2) is 0 Å². The van der Waals surface area contributed by atoms with Crippen LogP contribution < -0.4 is 10.5 Å². The van der Waals surface area contributed by atoms with Crippen molar-refractivity contribution < 1.29 is 4.74 Å². The SMILES string of the molecule is CCOc1ccc2[nH]c3c(c2c1)C(N)CC(C)(C)C3. The highest BCUT2D eigenvalue weighted by Gasteiger charge is 2.32. The summed E-state index contributed by atoms with van der Waals surface area (Å²) in [7, 11) is 0. The molecule has 1 aliphatic rings. The molecule has 0 saturated carbocycles. The van der Waals surface area contributed by atoms with E-state index in [0.717, 1.165) is 18.6 Å². The van der Waals surface area contributed by atoms with E-state index in [1.54, 1.807) is 0 Å². The minimum atomic E-state index is 0.115. The molecular weight excluding hydrogens is 236 g/mol. The molecule has 1 unspecified atom stereocenters. The average molecular weight is 258 g/mol. The van der Waals surface area contributed by atoms with E-state index in [0.29, 0.717) is 6.61 Å². The predicted molar refractivity (Wildman–Crippen MR) is 78.5 cm³/mol. The minimum absolute atomic E-state index is 0.115. The minimum Gasteiger partial charge on any atom is -0.494 e. The van der Waals surface area contributed by atoms with Crippen molar-refractivity contribution in [2.75, 3.05) is 6.61 Å². The molecule has 0 saturated heterocycles. The molecule has 2 aromatic rings. The number of nitrogens with one attached hydrogen (secondary N) is 1. The number of ether oxygens (including phenoxy) is 1. The first-order valence-corrected chi connectivity index (χ1v) is 7.03. The monoisotopic (exact) mass is 258 g/mol. The first-order valence-electron chi connectivity index (χ1n) is 7.03. The Labute approximate surface area is 114 Å². The third kappa shape index (κ3) is 2.12. The molecule has 1 heterocycles. The Balaban J connectivity index is 2.14. The Bertz CT molecular complexity index is 612. The van der Waals surface area contributed by atoms with Crippen LogP contribution in [-0.2, 0) is 6.42 Å². The summed E-state index contributed by atoms with van der Waals surface area (Å²) >= 11 is 0.